The number of aliphatic hydroxyl groups is 10. The molecule has 16 atom stereocenters. The summed E-state index contributed by atoms with van der Waals surface area (Å²) in [6, 6.07) is 15.0. The van der Waals surface area contributed by atoms with Crippen LogP contribution in [-0.4, -0.2) is 211 Å². The summed E-state index contributed by atoms with van der Waals surface area (Å²) in [7, 11) is 1.37. The number of nitrogens with zero attached hydrogens (tertiary/aromatic N) is 2. The van der Waals surface area contributed by atoms with E-state index in [4.69, 9.17) is 51.8 Å². The standard InChI is InChI=1S/C33H42O19.C31H52O3.C21H26N2O3/c1-14-23(38)26(41)28(43)32(49-14)48-13-21-24(39)27(42)29(44)33(51-21)52-31-25(40)22-17(37)11-16(45-7-4-34)12-20(22)50-30(31)15-2-3-18(46-8-5-35)19(10-15)47-9-6-36;1-21(2)13-10-14-22(3)15-11-16-23(4)17-12-19-31(9)20-18-28-26(7)29(33-27(8)32)24(5)25(6)30(28)34-31;1-3-20-10-6-11-22-12-9-15-14-7-4-5-8-16(14)23(17(15)18(20)22)21(25,13-20)19(24)26-2/h2-3,10-12,14,21,23-24,26-29,32-39,41-44H,4-9,13H2,1H3;21-23H,10-20H2,1-9H3;4-5,7-8,18,25H,3,6,9-13H2,1-2H3/t14-,21+,23-,24+,26+,27-,28+,29+,32+,33-;22-,23-,31-;18-,20+,21+/m011/s1. The van der Waals surface area contributed by atoms with Crippen molar-refractivity contribution in [3.63, 3.8) is 0 Å². The quantitative estimate of drug-likeness (QED) is 0.0148. The van der Waals surface area contributed by atoms with Crippen LogP contribution in [0.2, 0.25) is 0 Å². The molecular formula is C85H120N2O25. The number of ether oxygens (including phenoxy) is 10. The van der Waals surface area contributed by atoms with Crippen LogP contribution in [0.15, 0.2) is 63.8 Å². The molecule has 6 aliphatic rings. The first-order chi connectivity index (χ1) is 53.4. The molecule has 0 saturated carbocycles. The number of esters is 2. The summed E-state index contributed by atoms with van der Waals surface area (Å²) in [5, 5.41) is 114. The molecule has 4 aromatic carbocycles. The molecule has 0 amide bonds. The Labute approximate surface area is 655 Å². The third kappa shape index (κ3) is 19.0. The van der Waals surface area contributed by atoms with Crippen LogP contribution in [-0.2, 0) is 47.1 Å². The molecule has 3 fully saturated rings. The summed E-state index contributed by atoms with van der Waals surface area (Å²) >= 11 is 0. The van der Waals surface area contributed by atoms with Crippen molar-refractivity contribution in [1.29, 1.82) is 0 Å². The van der Waals surface area contributed by atoms with Gasteiger partial charge in [-0.05, 0) is 162 Å². The highest BCUT2D eigenvalue weighted by atomic mass is 16.7. The topological polar surface area (TPSA) is 387 Å². The Balaban J connectivity index is 0.000000190. The van der Waals surface area contributed by atoms with Gasteiger partial charge >= 0.3 is 11.9 Å². The number of methoxy groups -OCH3 is 1. The lowest BCUT2D eigenvalue weighted by atomic mass is 9.62. The number of aromatic hydroxyl groups is 1. The van der Waals surface area contributed by atoms with Gasteiger partial charge in [-0.2, -0.15) is 0 Å². The van der Waals surface area contributed by atoms with Gasteiger partial charge in [0.25, 0.3) is 0 Å². The zero-order chi connectivity index (χ0) is 81.3. The van der Waals surface area contributed by atoms with E-state index in [1.165, 1.54) is 113 Å². The average molecular weight is 1570 g/mol. The van der Waals surface area contributed by atoms with Crippen LogP contribution in [0.1, 0.15) is 185 Å². The molecule has 3 saturated heterocycles. The van der Waals surface area contributed by atoms with Gasteiger partial charge in [-0.25, -0.2) is 4.79 Å². The Morgan fingerprint density at radius 3 is 2.03 bits per heavy atom. The van der Waals surface area contributed by atoms with Gasteiger partial charge in [0.15, 0.2) is 23.5 Å². The normalized spacial score (nSPS) is 27.2. The van der Waals surface area contributed by atoms with E-state index in [2.05, 4.69) is 66.4 Å². The molecule has 12 rings (SSSR count). The van der Waals surface area contributed by atoms with E-state index in [-0.39, 0.29) is 102 Å². The summed E-state index contributed by atoms with van der Waals surface area (Å²) in [5.74, 6) is 2.13. The van der Waals surface area contributed by atoms with E-state index >= 15 is 0 Å². The van der Waals surface area contributed by atoms with Gasteiger partial charge in [-0.15, -0.1) is 0 Å². The number of fused-ring (bicyclic) bond motifs is 5. The molecule has 2 aromatic heterocycles. The minimum absolute atomic E-state index is 0.0380. The smallest absolute Gasteiger partial charge is 0.359 e. The molecule has 112 heavy (non-hydrogen) atoms. The third-order valence-electron chi connectivity index (χ3n) is 23.6. The van der Waals surface area contributed by atoms with Crippen LogP contribution in [0.4, 0.5) is 0 Å². The van der Waals surface area contributed by atoms with Gasteiger partial charge in [0.2, 0.25) is 23.2 Å². The van der Waals surface area contributed by atoms with Gasteiger partial charge < -0.3 is 113 Å². The molecule has 27 nitrogen and oxygen atoms in total. The van der Waals surface area contributed by atoms with Gasteiger partial charge in [-0.3, -0.25) is 14.5 Å². The number of phenols is 1. The van der Waals surface area contributed by atoms with E-state index in [0.717, 1.165) is 121 Å². The van der Waals surface area contributed by atoms with Crippen molar-refractivity contribution < 1.29 is 118 Å². The molecule has 11 N–H and O–H groups in total. The number of carbonyl (C=O) groups is 2. The minimum Gasteiger partial charge on any atom is -0.507 e. The first-order valence-corrected chi connectivity index (χ1v) is 39.9. The number of aliphatic hydroxyl groups excluding tert-OH is 9. The van der Waals surface area contributed by atoms with Crippen LogP contribution < -0.4 is 33.8 Å². The van der Waals surface area contributed by atoms with E-state index in [1.54, 1.807) is 0 Å². The highest BCUT2D eigenvalue weighted by molar-refractivity contribution is 5.91. The molecule has 0 unspecified atom stereocenters. The second-order valence-corrected chi connectivity index (χ2v) is 32.2. The molecule has 0 bridgehead atoms. The van der Waals surface area contributed by atoms with Crippen molar-refractivity contribution in [2.45, 2.75) is 258 Å². The van der Waals surface area contributed by atoms with Gasteiger partial charge in [0.05, 0.1) is 51.2 Å². The van der Waals surface area contributed by atoms with Crippen molar-refractivity contribution in [2.24, 2.45) is 23.2 Å². The van der Waals surface area contributed by atoms with Gasteiger partial charge in [0, 0.05) is 54.2 Å². The number of piperidine rings is 1. The van der Waals surface area contributed by atoms with Crippen molar-refractivity contribution in [3.05, 3.63) is 98.3 Å². The Hall–Kier alpha value is -7.19. The summed E-state index contributed by atoms with van der Waals surface area (Å²) in [6.45, 7) is 23.2. The lowest BCUT2D eigenvalue weighted by Crippen LogP contribution is -2.61. The summed E-state index contributed by atoms with van der Waals surface area (Å²) in [6.07, 6.45) is 2.10. The number of para-hydroxylation sites is 1. The summed E-state index contributed by atoms with van der Waals surface area (Å²) in [5.41, 5.74) is 4.91. The van der Waals surface area contributed by atoms with Crippen LogP contribution >= 0.6 is 0 Å². The number of rotatable bonds is 30. The van der Waals surface area contributed by atoms with Crippen molar-refractivity contribution in [2.75, 3.05) is 66.4 Å². The summed E-state index contributed by atoms with van der Waals surface area (Å²) in [4.78, 5) is 41.1. The predicted octanol–water partition coefficient (Wildman–Crippen LogP) is 9.32. The monoisotopic (exact) mass is 1570 g/mol. The van der Waals surface area contributed by atoms with Crippen molar-refractivity contribution in [3.8, 4) is 51.6 Å². The zero-order valence-electron chi connectivity index (χ0n) is 67.0. The number of phenolic OH excluding ortho intramolecular Hbond substituents is 1. The number of hydrogen-bond acceptors (Lipinski definition) is 26. The molecule has 0 radical (unpaired) electrons. The first-order valence-electron chi connectivity index (χ1n) is 39.9. The SMILES string of the molecule is CC(=O)Oc1c(C)c(C)c2c(c1C)CC[C@@](C)(CCC[C@H](C)CCC[C@H](C)CCCC(C)C)O2.CC[C@]12CCCN3CCc4c(n(c5ccccc45)[C@@](O)(C(=O)OC)C1)[C@@H]32.C[C@@H]1O[C@@H](OC[C@H]2O[C@@H](Oc3c(-c4ccc(OCCO)c(OCCO)c4)oc4cc(OCCO)cc(O)c4c3=O)[C@H](O)[C@@H](O)[C@@H]2O)[C@H](O)[C@H](O)[C@H]1O. The number of aromatic nitrogens is 1. The molecular weight excluding hydrogens is 1450 g/mol. The van der Waals surface area contributed by atoms with E-state index in [0.29, 0.717) is 6.42 Å². The third-order valence-corrected chi connectivity index (χ3v) is 23.6. The zero-order valence-corrected chi connectivity index (χ0v) is 67.0. The minimum atomic E-state index is -1.98. The van der Waals surface area contributed by atoms with Gasteiger partial charge in [-0.1, -0.05) is 97.8 Å². The number of hydrogen-bond donors (Lipinski definition) is 11. The molecule has 6 aromatic rings. The Morgan fingerprint density at radius 2 is 1.36 bits per heavy atom. The van der Waals surface area contributed by atoms with Crippen LogP contribution in [0.3, 0.4) is 0 Å². The highest BCUT2D eigenvalue weighted by Crippen LogP contribution is 2.61. The lowest BCUT2D eigenvalue weighted by Gasteiger charge is -2.57. The number of benzene rings is 4. The molecule has 8 heterocycles. The largest absolute Gasteiger partial charge is 0.507 e. The van der Waals surface area contributed by atoms with E-state index in [9.17, 15) is 70.6 Å². The van der Waals surface area contributed by atoms with Crippen LogP contribution in [0, 0.1) is 43.9 Å². The second kappa shape index (κ2) is 38.1. The predicted molar refractivity (Wildman–Crippen MR) is 416 cm³/mol. The first kappa shape index (κ1) is 87.2. The van der Waals surface area contributed by atoms with E-state index < -0.39 is 96.6 Å². The molecule has 6 aliphatic heterocycles. The molecule has 620 valence electrons. The lowest BCUT2D eigenvalue weighted by molar-refractivity contribution is -0.318. The second-order valence-electron chi connectivity index (χ2n) is 32.2. The summed E-state index contributed by atoms with van der Waals surface area (Å²) < 4.78 is 64.4. The van der Waals surface area contributed by atoms with Crippen LogP contribution in [0.25, 0.3) is 33.2 Å². The molecule has 0 spiro atoms. The fraction of sp³-hybridized carbons (Fsp3) is 0.635. The maximum atomic E-state index is 14.1. The molecule has 27 heteroatoms. The maximum absolute atomic E-state index is 14.1. The maximum Gasteiger partial charge on any atom is 0.359 e. The average Bonchev–Trinajstić information content (AvgIpc) is 1.49. The van der Waals surface area contributed by atoms with Crippen molar-refractivity contribution in [1.82, 2.24) is 9.47 Å². The fourth-order valence-corrected chi connectivity index (χ4v) is 17.3. The number of carbonyl (C=O) groups excluding carboxylic acids is 2. The van der Waals surface area contributed by atoms with Crippen LogP contribution in [0.5, 0.6) is 40.2 Å². The van der Waals surface area contributed by atoms with E-state index in [1.807, 2.05) is 29.7 Å². The van der Waals surface area contributed by atoms with Gasteiger partial charge in [0.1, 0.15) is 102 Å². The Bertz CT molecular complexity index is 4240. The Kier molecular flexibility index (Phi) is 29.6. The van der Waals surface area contributed by atoms with Crippen molar-refractivity contribution >= 4 is 33.8 Å². The Morgan fingerprint density at radius 1 is 0.705 bits per heavy atom. The molecule has 0 aliphatic carbocycles. The highest BCUT2D eigenvalue weighted by Gasteiger charge is 2.60. The fourth-order valence-electron chi connectivity index (χ4n) is 17.3.